The molecule has 0 bridgehead atoms. The molecule has 0 radical (unpaired) electrons. The zero-order valence-corrected chi connectivity index (χ0v) is 10.7. The van der Waals surface area contributed by atoms with Gasteiger partial charge in [-0.15, -0.1) is 0 Å². The van der Waals surface area contributed by atoms with Gasteiger partial charge in [-0.25, -0.2) is 4.98 Å². The van der Waals surface area contributed by atoms with E-state index < -0.39 is 0 Å². The van der Waals surface area contributed by atoms with Crippen LogP contribution in [0.25, 0.3) is 0 Å². The molecule has 1 N–H and O–H groups in total. The maximum Gasteiger partial charge on any atom is 0.227 e. The second-order valence-corrected chi connectivity index (χ2v) is 3.72. The van der Waals surface area contributed by atoms with E-state index in [1.165, 1.54) is 0 Å². The van der Waals surface area contributed by atoms with Crippen LogP contribution in [0.1, 0.15) is 32.9 Å². The number of rotatable bonds is 6. The van der Waals surface area contributed by atoms with Gasteiger partial charge in [0.05, 0.1) is 0 Å². The van der Waals surface area contributed by atoms with Gasteiger partial charge >= 0.3 is 0 Å². The molecule has 0 atom stereocenters. The number of aryl methyl sites for hydroxylation is 1. The van der Waals surface area contributed by atoms with E-state index in [9.17, 15) is 0 Å². The van der Waals surface area contributed by atoms with Crippen molar-refractivity contribution in [1.29, 1.82) is 0 Å². The summed E-state index contributed by atoms with van der Waals surface area (Å²) in [6.07, 6.45) is 2.11. The summed E-state index contributed by atoms with van der Waals surface area (Å²) in [5.41, 5.74) is 1.11. The first-order valence-corrected chi connectivity index (χ1v) is 6.05. The van der Waals surface area contributed by atoms with Gasteiger partial charge in [0.25, 0.3) is 0 Å². The summed E-state index contributed by atoms with van der Waals surface area (Å²) >= 11 is 0. The van der Waals surface area contributed by atoms with Crippen LogP contribution in [0.15, 0.2) is 6.07 Å². The first kappa shape index (κ1) is 12.7. The number of anilines is 2. The molecule has 90 valence electrons. The van der Waals surface area contributed by atoms with Crippen LogP contribution in [0, 0.1) is 0 Å². The quantitative estimate of drug-likeness (QED) is 0.802. The fourth-order valence-electron chi connectivity index (χ4n) is 1.64. The monoisotopic (exact) mass is 222 g/mol. The summed E-state index contributed by atoms with van der Waals surface area (Å²) in [5, 5.41) is 3.09. The second kappa shape index (κ2) is 6.30. The maximum atomic E-state index is 4.59. The van der Waals surface area contributed by atoms with Crippen molar-refractivity contribution in [2.75, 3.05) is 30.4 Å². The summed E-state index contributed by atoms with van der Waals surface area (Å²) in [6.45, 7) is 8.29. The molecular weight excluding hydrogens is 200 g/mol. The number of hydrogen-bond donors (Lipinski definition) is 1. The summed E-state index contributed by atoms with van der Waals surface area (Å²) in [6, 6.07) is 2.02. The minimum absolute atomic E-state index is 0.834. The first-order valence-electron chi connectivity index (χ1n) is 6.05. The second-order valence-electron chi connectivity index (χ2n) is 3.72. The van der Waals surface area contributed by atoms with E-state index in [1.54, 1.807) is 0 Å². The van der Waals surface area contributed by atoms with Gasteiger partial charge in [0.2, 0.25) is 5.95 Å². The van der Waals surface area contributed by atoms with Crippen molar-refractivity contribution in [3.63, 3.8) is 0 Å². The Morgan fingerprint density at radius 3 is 2.38 bits per heavy atom. The fourth-order valence-corrected chi connectivity index (χ4v) is 1.64. The summed E-state index contributed by atoms with van der Waals surface area (Å²) in [4.78, 5) is 11.2. The van der Waals surface area contributed by atoms with Crippen LogP contribution in [-0.2, 0) is 6.42 Å². The lowest BCUT2D eigenvalue weighted by molar-refractivity contribution is 0.799. The SMILES string of the molecule is CCCc1cc(NC)nc(N(CC)CC)n1. The molecule has 1 heterocycles. The van der Waals surface area contributed by atoms with Crippen LogP contribution in [-0.4, -0.2) is 30.1 Å². The molecular formula is C12H22N4. The largest absolute Gasteiger partial charge is 0.373 e. The normalized spacial score (nSPS) is 10.2. The maximum absolute atomic E-state index is 4.59. The van der Waals surface area contributed by atoms with E-state index in [-0.39, 0.29) is 0 Å². The standard InChI is InChI=1S/C12H22N4/c1-5-8-10-9-11(13-4)15-12(14-10)16(6-2)7-3/h9H,5-8H2,1-4H3,(H,13,14,15). The molecule has 4 nitrogen and oxygen atoms in total. The number of nitrogens with zero attached hydrogens (tertiary/aromatic N) is 3. The van der Waals surface area contributed by atoms with Gasteiger partial charge < -0.3 is 10.2 Å². The average molecular weight is 222 g/mol. The van der Waals surface area contributed by atoms with Crippen LogP contribution in [0.5, 0.6) is 0 Å². The molecule has 0 saturated carbocycles. The van der Waals surface area contributed by atoms with Crippen LogP contribution in [0.2, 0.25) is 0 Å². The molecule has 4 heteroatoms. The van der Waals surface area contributed by atoms with Gasteiger partial charge in [-0.1, -0.05) is 13.3 Å². The Hall–Kier alpha value is -1.32. The summed E-state index contributed by atoms with van der Waals surface area (Å²) in [7, 11) is 1.89. The van der Waals surface area contributed by atoms with Crippen LogP contribution >= 0.6 is 0 Å². The third-order valence-corrected chi connectivity index (χ3v) is 2.58. The molecule has 0 unspecified atom stereocenters. The van der Waals surface area contributed by atoms with Crippen molar-refractivity contribution in [3.8, 4) is 0 Å². The fraction of sp³-hybridized carbons (Fsp3) is 0.667. The zero-order chi connectivity index (χ0) is 12.0. The predicted molar refractivity (Wildman–Crippen MR) is 69.1 cm³/mol. The third kappa shape index (κ3) is 3.08. The highest BCUT2D eigenvalue weighted by atomic mass is 15.3. The van der Waals surface area contributed by atoms with Crippen molar-refractivity contribution >= 4 is 11.8 Å². The Balaban J connectivity index is 3.02. The third-order valence-electron chi connectivity index (χ3n) is 2.58. The van der Waals surface area contributed by atoms with E-state index in [0.29, 0.717) is 0 Å². The van der Waals surface area contributed by atoms with Gasteiger partial charge in [0.1, 0.15) is 5.82 Å². The van der Waals surface area contributed by atoms with E-state index in [0.717, 1.165) is 43.4 Å². The predicted octanol–water partition coefficient (Wildman–Crippen LogP) is 2.32. The number of aromatic nitrogens is 2. The minimum atomic E-state index is 0.834. The molecule has 1 rings (SSSR count). The summed E-state index contributed by atoms with van der Waals surface area (Å²) < 4.78 is 0. The van der Waals surface area contributed by atoms with E-state index in [2.05, 4.69) is 41.0 Å². The highest BCUT2D eigenvalue weighted by molar-refractivity contribution is 5.43. The van der Waals surface area contributed by atoms with Crippen LogP contribution in [0.4, 0.5) is 11.8 Å². The van der Waals surface area contributed by atoms with Crippen molar-refractivity contribution in [2.24, 2.45) is 0 Å². The summed E-state index contributed by atoms with van der Waals surface area (Å²) in [5.74, 6) is 1.74. The zero-order valence-electron chi connectivity index (χ0n) is 10.7. The van der Waals surface area contributed by atoms with E-state index >= 15 is 0 Å². The van der Waals surface area contributed by atoms with Gasteiger partial charge in [0, 0.05) is 31.9 Å². The topological polar surface area (TPSA) is 41.1 Å². The van der Waals surface area contributed by atoms with Gasteiger partial charge in [-0.2, -0.15) is 4.98 Å². The molecule has 0 aliphatic heterocycles. The average Bonchev–Trinajstić information content (AvgIpc) is 2.31. The van der Waals surface area contributed by atoms with Crippen LogP contribution in [0.3, 0.4) is 0 Å². The Bertz CT molecular complexity index is 321. The Labute approximate surface area is 98.1 Å². The number of hydrogen-bond acceptors (Lipinski definition) is 4. The molecule has 1 aromatic rings. The lowest BCUT2D eigenvalue weighted by Crippen LogP contribution is -2.24. The lowest BCUT2D eigenvalue weighted by Gasteiger charge is -2.19. The molecule has 0 aromatic carbocycles. The molecule has 0 aliphatic rings. The van der Waals surface area contributed by atoms with Gasteiger partial charge in [0.15, 0.2) is 0 Å². The molecule has 0 amide bonds. The molecule has 0 fully saturated rings. The van der Waals surface area contributed by atoms with E-state index in [1.807, 2.05) is 13.1 Å². The molecule has 1 aromatic heterocycles. The van der Waals surface area contributed by atoms with Crippen molar-refractivity contribution in [1.82, 2.24) is 9.97 Å². The molecule has 0 aliphatic carbocycles. The Kier molecular flexibility index (Phi) is 5.02. The number of nitrogens with one attached hydrogen (secondary N) is 1. The van der Waals surface area contributed by atoms with Crippen LogP contribution < -0.4 is 10.2 Å². The minimum Gasteiger partial charge on any atom is -0.373 e. The smallest absolute Gasteiger partial charge is 0.227 e. The van der Waals surface area contributed by atoms with Crippen molar-refractivity contribution in [3.05, 3.63) is 11.8 Å². The Morgan fingerprint density at radius 2 is 1.88 bits per heavy atom. The molecule has 0 spiro atoms. The highest BCUT2D eigenvalue weighted by Gasteiger charge is 2.08. The van der Waals surface area contributed by atoms with E-state index in [4.69, 9.17) is 0 Å². The highest BCUT2D eigenvalue weighted by Crippen LogP contribution is 2.14. The Morgan fingerprint density at radius 1 is 1.19 bits per heavy atom. The first-order chi connectivity index (χ1) is 7.74. The van der Waals surface area contributed by atoms with Gasteiger partial charge in [-0.05, 0) is 20.3 Å². The molecule has 16 heavy (non-hydrogen) atoms. The van der Waals surface area contributed by atoms with Gasteiger partial charge in [-0.3, -0.25) is 0 Å². The van der Waals surface area contributed by atoms with Crippen molar-refractivity contribution in [2.45, 2.75) is 33.6 Å². The molecule has 0 saturated heterocycles. The lowest BCUT2D eigenvalue weighted by atomic mass is 10.2. The van der Waals surface area contributed by atoms with Crippen molar-refractivity contribution < 1.29 is 0 Å².